The fourth-order valence-corrected chi connectivity index (χ4v) is 2.89. The van der Waals surface area contributed by atoms with E-state index < -0.39 is 0 Å². The second-order valence-corrected chi connectivity index (χ2v) is 5.74. The van der Waals surface area contributed by atoms with E-state index in [9.17, 15) is 0 Å². The van der Waals surface area contributed by atoms with Gasteiger partial charge in [-0.05, 0) is 56.1 Å². The highest BCUT2D eigenvalue weighted by molar-refractivity contribution is 5.42. The van der Waals surface area contributed by atoms with E-state index in [2.05, 4.69) is 32.0 Å². The second-order valence-electron chi connectivity index (χ2n) is 5.74. The second kappa shape index (κ2) is 7.32. The molecular formula is C19H25NO2. The van der Waals surface area contributed by atoms with Crippen molar-refractivity contribution in [1.82, 2.24) is 0 Å². The third-order valence-electron chi connectivity index (χ3n) is 3.95. The van der Waals surface area contributed by atoms with Crippen LogP contribution in [-0.2, 0) is 6.42 Å². The minimum atomic E-state index is 0.264. The van der Waals surface area contributed by atoms with Gasteiger partial charge in [0, 0.05) is 5.92 Å². The summed E-state index contributed by atoms with van der Waals surface area (Å²) in [4.78, 5) is 0. The first-order valence-corrected chi connectivity index (χ1v) is 7.56. The zero-order chi connectivity index (χ0) is 16.1. The molecule has 118 valence electrons. The molecule has 2 N–H and O–H groups in total. The molecule has 3 nitrogen and oxygen atoms in total. The number of hydrogen-bond donors (Lipinski definition) is 1. The highest BCUT2D eigenvalue weighted by atomic mass is 16.5. The van der Waals surface area contributed by atoms with Crippen molar-refractivity contribution in [1.29, 1.82) is 0 Å². The van der Waals surface area contributed by atoms with E-state index in [1.165, 1.54) is 16.7 Å². The lowest BCUT2D eigenvalue weighted by atomic mass is 9.89. The maximum absolute atomic E-state index is 6.04. The Morgan fingerprint density at radius 2 is 1.64 bits per heavy atom. The number of hydrogen-bond acceptors (Lipinski definition) is 3. The van der Waals surface area contributed by atoms with Gasteiger partial charge in [-0.3, -0.25) is 0 Å². The van der Waals surface area contributed by atoms with Gasteiger partial charge in [-0.2, -0.15) is 0 Å². The van der Waals surface area contributed by atoms with Crippen molar-refractivity contribution in [2.75, 3.05) is 20.8 Å². The van der Waals surface area contributed by atoms with Crippen molar-refractivity contribution >= 4 is 0 Å². The molecule has 0 bridgehead atoms. The molecule has 1 unspecified atom stereocenters. The summed E-state index contributed by atoms with van der Waals surface area (Å²) < 4.78 is 10.8. The molecule has 0 aromatic heterocycles. The van der Waals surface area contributed by atoms with Crippen LogP contribution in [0.25, 0.3) is 0 Å². The third-order valence-corrected chi connectivity index (χ3v) is 3.95. The molecule has 0 amide bonds. The molecule has 1 atom stereocenters. The normalized spacial score (nSPS) is 12.0. The maximum Gasteiger partial charge on any atom is 0.122 e. The molecule has 0 aliphatic carbocycles. The molecule has 22 heavy (non-hydrogen) atoms. The predicted octanol–water partition coefficient (Wildman–Crippen LogP) is 3.61. The molecule has 0 aliphatic heterocycles. The van der Waals surface area contributed by atoms with E-state index in [4.69, 9.17) is 15.2 Å². The largest absolute Gasteiger partial charge is 0.497 e. The first kappa shape index (κ1) is 16.4. The number of benzene rings is 2. The monoisotopic (exact) mass is 299 g/mol. The van der Waals surface area contributed by atoms with Gasteiger partial charge in [0.1, 0.15) is 11.5 Å². The minimum absolute atomic E-state index is 0.264. The summed E-state index contributed by atoms with van der Waals surface area (Å²) in [6.07, 6.45) is 0.833. The molecule has 0 aliphatic rings. The van der Waals surface area contributed by atoms with Crippen LogP contribution in [0.3, 0.4) is 0 Å². The van der Waals surface area contributed by atoms with Gasteiger partial charge in [-0.1, -0.05) is 29.3 Å². The van der Waals surface area contributed by atoms with Crippen LogP contribution in [0.5, 0.6) is 11.5 Å². The van der Waals surface area contributed by atoms with Crippen LogP contribution in [0, 0.1) is 13.8 Å². The molecule has 2 rings (SSSR count). The Morgan fingerprint density at radius 1 is 0.955 bits per heavy atom. The van der Waals surface area contributed by atoms with E-state index in [0.29, 0.717) is 6.54 Å². The van der Waals surface area contributed by atoms with Gasteiger partial charge < -0.3 is 15.2 Å². The van der Waals surface area contributed by atoms with Crippen LogP contribution in [0.15, 0.2) is 36.4 Å². The molecule has 0 fully saturated rings. The van der Waals surface area contributed by atoms with Crippen LogP contribution >= 0.6 is 0 Å². The van der Waals surface area contributed by atoms with Gasteiger partial charge in [0.05, 0.1) is 14.2 Å². The Balaban J connectivity index is 2.33. The van der Waals surface area contributed by atoms with Crippen LogP contribution in [0.2, 0.25) is 0 Å². The summed E-state index contributed by atoms with van der Waals surface area (Å²) in [6.45, 7) is 4.84. The van der Waals surface area contributed by atoms with Gasteiger partial charge in [-0.25, -0.2) is 0 Å². The quantitative estimate of drug-likeness (QED) is 0.886. The smallest absolute Gasteiger partial charge is 0.122 e. The van der Waals surface area contributed by atoms with E-state index in [-0.39, 0.29) is 5.92 Å². The average molecular weight is 299 g/mol. The van der Waals surface area contributed by atoms with Crippen molar-refractivity contribution in [2.45, 2.75) is 26.2 Å². The van der Waals surface area contributed by atoms with Crippen molar-refractivity contribution < 1.29 is 9.47 Å². The first-order chi connectivity index (χ1) is 10.6. The van der Waals surface area contributed by atoms with E-state index >= 15 is 0 Å². The van der Waals surface area contributed by atoms with Crippen molar-refractivity contribution in [3.05, 3.63) is 58.7 Å². The zero-order valence-corrected chi connectivity index (χ0v) is 13.8. The SMILES string of the molecule is COc1ccc(OC)c(CC(CN)c2cc(C)cc(C)c2)c1. The van der Waals surface area contributed by atoms with Crippen molar-refractivity contribution in [2.24, 2.45) is 5.73 Å². The van der Waals surface area contributed by atoms with Gasteiger partial charge in [0.2, 0.25) is 0 Å². The van der Waals surface area contributed by atoms with Gasteiger partial charge in [-0.15, -0.1) is 0 Å². The molecular weight excluding hydrogens is 274 g/mol. The lowest BCUT2D eigenvalue weighted by Crippen LogP contribution is -2.16. The lowest BCUT2D eigenvalue weighted by Gasteiger charge is -2.19. The Morgan fingerprint density at radius 3 is 2.18 bits per heavy atom. The van der Waals surface area contributed by atoms with E-state index in [1.807, 2.05) is 18.2 Å². The Bertz CT molecular complexity index is 617. The number of aryl methyl sites for hydroxylation is 2. The zero-order valence-electron chi connectivity index (χ0n) is 13.8. The van der Waals surface area contributed by atoms with Crippen molar-refractivity contribution in [3.63, 3.8) is 0 Å². The average Bonchev–Trinajstić information content (AvgIpc) is 2.51. The summed E-state index contributed by atoms with van der Waals surface area (Å²) in [6, 6.07) is 12.5. The van der Waals surface area contributed by atoms with Crippen molar-refractivity contribution in [3.8, 4) is 11.5 Å². The van der Waals surface area contributed by atoms with Gasteiger partial charge in [0.25, 0.3) is 0 Å². The fourth-order valence-electron chi connectivity index (χ4n) is 2.89. The Hall–Kier alpha value is -2.00. The highest BCUT2D eigenvalue weighted by Crippen LogP contribution is 2.30. The Kier molecular flexibility index (Phi) is 5.45. The van der Waals surface area contributed by atoms with Crippen LogP contribution in [-0.4, -0.2) is 20.8 Å². The molecule has 2 aromatic carbocycles. The molecule has 3 heteroatoms. The van der Waals surface area contributed by atoms with Gasteiger partial charge >= 0.3 is 0 Å². The number of nitrogens with two attached hydrogens (primary N) is 1. The maximum atomic E-state index is 6.04. The molecule has 0 radical (unpaired) electrons. The number of methoxy groups -OCH3 is 2. The molecule has 0 saturated carbocycles. The van der Waals surface area contributed by atoms with Crippen LogP contribution < -0.4 is 15.2 Å². The van der Waals surface area contributed by atoms with E-state index in [1.54, 1.807) is 14.2 Å². The standard InChI is InChI=1S/C19H25NO2/c1-13-7-14(2)9-15(8-13)17(12-20)10-16-11-18(21-3)5-6-19(16)22-4/h5-9,11,17H,10,12,20H2,1-4H3. The predicted molar refractivity (Wildman–Crippen MR) is 91.0 cm³/mol. The summed E-state index contributed by atoms with van der Waals surface area (Å²) in [5.41, 5.74) is 11.0. The molecule has 0 saturated heterocycles. The third kappa shape index (κ3) is 3.80. The molecule has 2 aromatic rings. The Labute approximate surface area is 133 Å². The minimum Gasteiger partial charge on any atom is -0.497 e. The first-order valence-electron chi connectivity index (χ1n) is 7.56. The van der Waals surface area contributed by atoms with E-state index in [0.717, 1.165) is 23.5 Å². The number of ether oxygens (including phenoxy) is 2. The fraction of sp³-hybridized carbons (Fsp3) is 0.368. The van der Waals surface area contributed by atoms with Gasteiger partial charge in [0.15, 0.2) is 0 Å². The van der Waals surface area contributed by atoms with Crippen LogP contribution in [0.4, 0.5) is 0 Å². The molecule has 0 heterocycles. The summed E-state index contributed by atoms with van der Waals surface area (Å²) in [5.74, 6) is 1.98. The lowest BCUT2D eigenvalue weighted by molar-refractivity contribution is 0.397. The topological polar surface area (TPSA) is 44.5 Å². The summed E-state index contributed by atoms with van der Waals surface area (Å²) in [7, 11) is 3.37. The summed E-state index contributed by atoms with van der Waals surface area (Å²) >= 11 is 0. The molecule has 0 spiro atoms. The highest BCUT2D eigenvalue weighted by Gasteiger charge is 2.15. The summed E-state index contributed by atoms with van der Waals surface area (Å²) in [5, 5.41) is 0. The van der Waals surface area contributed by atoms with Crippen LogP contribution in [0.1, 0.15) is 28.2 Å². The number of rotatable bonds is 6.